The predicted molar refractivity (Wildman–Crippen MR) is 66.7 cm³/mol. The van der Waals surface area contributed by atoms with Crippen LogP contribution in [0.4, 0.5) is 0 Å². The van der Waals surface area contributed by atoms with Gasteiger partial charge in [-0.25, -0.2) is 0 Å². The molecule has 0 rings (SSSR count). The van der Waals surface area contributed by atoms with Gasteiger partial charge in [-0.1, -0.05) is 70.4 Å². The summed E-state index contributed by atoms with van der Waals surface area (Å²) in [6.45, 7) is 4.38. The van der Waals surface area contributed by atoms with Gasteiger partial charge in [0.1, 0.15) is 0 Å². The lowest BCUT2D eigenvalue weighted by Gasteiger charge is -2.00. The molecule has 0 unspecified atom stereocenters. The van der Waals surface area contributed by atoms with E-state index < -0.39 is 0 Å². The molecule has 0 aromatic rings. The summed E-state index contributed by atoms with van der Waals surface area (Å²) in [6.07, 6.45) is 18.6. The van der Waals surface area contributed by atoms with E-state index in [1.165, 1.54) is 64.2 Å². The summed E-state index contributed by atoms with van der Waals surface area (Å²) in [6, 6.07) is 0. The Labute approximate surface area is 90.8 Å². The molecule has 0 aliphatic rings. The van der Waals surface area contributed by atoms with Crippen LogP contribution in [-0.2, 0) is 0 Å². The van der Waals surface area contributed by atoms with Crippen molar-refractivity contribution in [1.82, 2.24) is 0 Å². The summed E-state index contributed by atoms with van der Waals surface area (Å²) < 4.78 is 0. The monoisotopic (exact) mass is 196 g/mol. The fraction of sp³-hybridized carbons (Fsp3) is 0.857. The summed E-state index contributed by atoms with van der Waals surface area (Å²) in [5.74, 6) is 0. The van der Waals surface area contributed by atoms with Gasteiger partial charge in [-0.3, -0.25) is 0 Å². The van der Waals surface area contributed by atoms with Gasteiger partial charge in [0, 0.05) is 0 Å². The Morgan fingerprint density at radius 1 is 0.714 bits per heavy atom. The molecule has 0 aromatic carbocycles. The third-order valence-electron chi connectivity index (χ3n) is 2.71. The number of hydrogen-bond donors (Lipinski definition) is 0. The van der Waals surface area contributed by atoms with Crippen LogP contribution in [-0.4, -0.2) is 0 Å². The van der Waals surface area contributed by atoms with Gasteiger partial charge in [0.15, 0.2) is 0 Å². The van der Waals surface area contributed by atoms with Gasteiger partial charge in [-0.2, -0.15) is 0 Å². The average molecular weight is 196 g/mol. The second-order valence-corrected chi connectivity index (χ2v) is 4.19. The fourth-order valence-electron chi connectivity index (χ4n) is 1.74. The predicted octanol–water partition coefficient (Wildman–Crippen LogP) is 5.48. The second-order valence-electron chi connectivity index (χ2n) is 4.19. The van der Waals surface area contributed by atoms with E-state index in [0.717, 1.165) is 0 Å². The first-order valence-electron chi connectivity index (χ1n) is 6.53. The highest BCUT2D eigenvalue weighted by Gasteiger charge is 1.90. The van der Waals surface area contributed by atoms with E-state index in [2.05, 4.69) is 26.0 Å². The summed E-state index contributed by atoms with van der Waals surface area (Å²) in [5, 5.41) is 0. The second kappa shape index (κ2) is 12.7. The zero-order valence-electron chi connectivity index (χ0n) is 10.2. The lowest BCUT2D eigenvalue weighted by molar-refractivity contribution is 0.566. The Morgan fingerprint density at radius 3 is 1.71 bits per heavy atom. The van der Waals surface area contributed by atoms with Crippen LogP contribution < -0.4 is 0 Å². The minimum atomic E-state index is 1.28. The first-order valence-corrected chi connectivity index (χ1v) is 6.53. The molecule has 0 N–H and O–H groups in total. The van der Waals surface area contributed by atoms with Crippen molar-refractivity contribution in [3.05, 3.63) is 12.2 Å². The maximum absolute atomic E-state index is 2.28. The Hall–Kier alpha value is -0.260. The van der Waals surface area contributed by atoms with Gasteiger partial charge in [0.05, 0.1) is 0 Å². The number of allylic oxidation sites excluding steroid dienone is 2. The molecule has 84 valence electrons. The molecule has 0 aliphatic carbocycles. The van der Waals surface area contributed by atoms with E-state index in [0.29, 0.717) is 0 Å². The lowest BCUT2D eigenvalue weighted by atomic mass is 10.1. The van der Waals surface area contributed by atoms with Crippen LogP contribution >= 0.6 is 0 Å². The summed E-state index contributed by atoms with van der Waals surface area (Å²) in [5.41, 5.74) is 0. The minimum absolute atomic E-state index is 1.28. The number of unbranched alkanes of at least 4 members (excludes halogenated alkanes) is 9. The van der Waals surface area contributed by atoms with Crippen LogP contribution in [0.25, 0.3) is 0 Å². The summed E-state index contributed by atoms with van der Waals surface area (Å²) in [4.78, 5) is 0. The molecule has 0 aromatic heterocycles. The van der Waals surface area contributed by atoms with E-state index in [-0.39, 0.29) is 0 Å². The van der Waals surface area contributed by atoms with Crippen molar-refractivity contribution in [3.63, 3.8) is 0 Å². The van der Waals surface area contributed by atoms with Crippen molar-refractivity contribution < 1.29 is 0 Å². The van der Waals surface area contributed by atoms with Crippen molar-refractivity contribution in [1.29, 1.82) is 0 Å². The molecule has 0 nitrogen and oxygen atoms in total. The Bertz CT molecular complexity index is 113. The van der Waals surface area contributed by atoms with Gasteiger partial charge in [-0.05, 0) is 19.8 Å². The highest BCUT2D eigenvalue weighted by molar-refractivity contribution is 4.76. The van der Waals surface area contributed by atoms with Crippen LogP contribution in [0.15, 0.2) is 12.2 Å². The molecule has 0 heterocycles. The quantitative estimate of drug-likeness (QED) is 0.320. The average Bonchev–Trinajstić information content (AvgIpc) is 2.21. The van der Waals surface area contributed by atoms with Gasteiger partial charge in [-0.15, -0.1) is 0 Å². The van der Waals surface area contributed by atoms with Crippen molar-refractivity contribution in [2.75, 3.05) is 0 Å². The Balaban J connectivity index is 2.85. The summed E-state index contributed by atoms with van der Waals surface area (Å²) in [7, 11) is 0. The number of hydrogen-bond acceptors (Lipinski definition) is 0. The normalized spacial score (nSPS) is 11.3. The molecule has 0 atom stereocenters. The first kappa shape index (κ1) is 13.7. The molecule has 0 saturated heterocycles. The topological polar surface area (TPSA) is 0 Å². The molecule has 0 heteroatoms. The molecular formula is C14H28. The van der Waals surface area contributed by atoms with Crippen molar-refractivity contribution in [2.45, 2.75) is 78.1 Å². The highest BCUT2D eigenvalue weighted by Crippen LogP contribution is 2.10. The molecule has 0 fully saturated rings. The third-order valence-corrected chi connectivity index (χ3v) is 2.71. The van der Waals surface area contributed by atoms with E-state index in [1.54, 1.807) is 0 Å². The smallest absolute Gasteiger partial charge is 0.0351 e. The van der Waals surface area contributed by atoms with E-state index >= 15 is 0 Å². The Morgan fingerprint density at radius 2 is 1.21 bits per heavy atom. The fourth-order valence-corrected chi connectivity index (χ4v) is 1.74. The van der Waals surface area contributed by atoms with Gasteiger partial charge >= 0.3 is 0 Å². The minimum Gasteiger partial charge on any atom is -0.0917 e. The maximum atomic E-state index is 2.28. The molecule has 0 bridgehead atoms. The van der Waals surface area contributed by atoms with Crippen LogP contribution in [0.1, 0.15) is 78.1 Å². The zero-order chi connectivity index (χ0) is 10.5. The zero-order valence-corrected chi connectivity index (χ0v) is 10.2. The Kier molecular flexibility index (Phi) is 12.5. The van der Waals surface area contributed by atoms with Crippen LogP contribution in [0.5, 0.6) is 0 Å². The van der Waals surface area contributed by atoms with Crippen molar-refractivity contribution >= 4 is 0 Å². The van der Waals surface area contributed by atoms with Crippen molar-refractivity contribution in [2.24, 2.45) is 0 Å². The molecule has 0 aliphatic heterocycles. The lowest BCUT2D eigenvalue weighted by Crippen LogP contribution is -1.80. The van der Waals surface area contributed by atoms with E-state index in [1.807, 2.05) is 0 Å². The maximum Gasteiger partial charge on any atom is -0.0351 e. The molecule has 0 spiro atoms. The van der Waals surface area contributed by atoms with Crippen molar-refractivity contribution in [3.8, 4) is 0 Å². The molecular weight excluding hydrogens is 168 g/mol. The molecule has 0 saturated carbocycles. The molecule has 0 radical (unpaired) electrons. The standard InChI is InChI=1S/C14H28/c1-3-5-7-9-11-13-14-12-10-8-6-4-2/h3,5H,4,6-14H2,1-2H3. The van der Waals surface area contributed by atoms with E-state index in [4.69, 9.17) is 0 Å². The molecule has 14 heavy (non-hydrogen) atoms. The van der Waals surface area contributed by atoms with Crippen LogP contribution in [0.2, 0.25) is 0 Å². The first-order chi connectivity index (χ1) is 6.91. The SMILES string of the molecule is CC=CCCCCCCCCCCC. The van der Waals surface area contributed by atoms with E-state index in [9.17, 15) is 0 Å². The van der Waals surface area contributed by atoms with Gasteiger partial charge in [0.2, 0.25) is 0 Å². The number of rotatable bonds is 10. The van der Waals surface area contributed by atoms with Crippen LogP contribution in [0, 0.1) is 0 Å². The van der Waals surface area contributed by atoms with Crippen LogP contribution in [0.3, 0.4) is 0 Å². The highest BCUT2D eigenvalue weighted by atomic mass is 14.0. The van der Waals surface area contributed by atoms with Gasteiger partial charge < -0.3 is 0 Å². The molecule has 0 amide bonds. The summed E-state index contributed by atoms with van der Waals surface area (Å²) >= 11 is 0. The van der Waals surface area contributed by atoms with Gasteiger partial charge in [0.25, 0.3) is 0 Å². The largest absolute Gasteiger partial charge is 0.0917 e. The third kappa shape index (κ3) is 11.7.